The number of amides is 1. The number of ether oxygens (including phenoxy) is 1. The third-order valence-electron chi connectivity index (χ3n) is 2.87. The van der Waals surface area contributed by atoms with Crippen LogP contribution in [0.3, 0.4) is 0 Å². The van der Waals surface area contributed by atoms with Crippen molar-refractivity contribution in [2.75, 3.05) is 13.2 Å². The molecule has 0 aromatic carbocycles. The van der Waals surface area contributed by atoms with E-state index in [-0.39, 0.29) is 18.6 Å². The van der Waals surface area contributed by atoms with Crippen LogP contribution in [-0.2, 0) is 9.53 Å². The molecule has 1 saturated carbocycles. The van der Waals surface area contributed by atoms with E-state index in [2.05, 4.69) is 26.1 Å². The Morgan fingerprint density at radius 3 is 2.56 bits per heavy atom. The van der Waals surface area contributed by atoms with Gasteiger partial charge in [-0.15, -0.1) is 0 Å². The van der Waals surface area contributed by atoms with Crippen molar-refractivity contribution in [1.82, 2.24) is 5.32 Å². The van der Waals surface area contributed by atoms with Crippen molar-refractivity contribution in [2.45, 2.75) is 52.5 Å². The van der Waals surface area contributed by atoms with E-state index in [4.69, 9.17) is 4.74 Å². The zero-order valence-electron chi connectivity index (χ0n) is 10.8. The molecule has 16 heavy (non-hydrogen) atoms. The Morgan fingerprint density at radius 1 is 1.31 bits per heavy atom. The molecule has 0 aromatic heterocycles. The summed E-state index contributed by atoms with van der Waals surface area (Å²) in [5, 5.41) is 2.97. The van der Waals surface area contributed by atoms with Crippen molar-refractivity contribution in [3.63, 3.8) is 0 Å². The first-order valence-electron chi connectivity index (χ1n) is 6.45. The third kappa shape index (κ3) is 6.83. The van der Waals surface area contributed by atoms with Gasteiger partial charge in [0.1, 0.15) is 6.61 Å². The lowest BCUT2D eigenvalue weighted by Gasteiger charge is -2.15. The highest BCUT2D eigenvalue weighted by atomic mass is 16.5. The fraction of sp³-hybridized carbons (Fsp3) is 0.923. The summed E-state index contributed by atoms with van der Waals surface area (Å²) in [5.41, 5.74) is 0. The molecule has 0 aromatic rings. The van der Waals surface area contributed by atoms with Crippen LogP contribution in [0.25, 0.3) is 0 Å². The molecule has 1 amide bonds. The van der Waals surface area contributed by atoms with Crippen LogP contribution >= 0.6 is 0 Å². The topological polar surface area (TPSA) is 38.3 Å². The van der Waals surface area contributed by atoms with Crippen LogP contribution in [0.15, 0.2) is 0 Å². The summed E-state index contributed by atoms with van der Waals surface area (Å²) in [7, 11) is 0. The number of carbonyl (C=O) groups is 1. The van der Waals surface area contributed by atoms with Crippen LogP contribution in [0.5, 0.6) is 0 Å². The normalized spacial score (nSPS) is 17.5. The van der Waals surface area contributed by atoms with Gasteiger partial charge in [-0.2, -0.15) is 0 Å². The van der Waals surface area contributed by atoms with Crippen molar-refractivity contribution in [2.24, 2.45) is 11.8 Å². The predicted octanol–water partition coefficient (Wildman–Crippen LogP) is 2.35. The number of hydrogen-bond acceptors (Lipinski definition) is 2. The van der Waals surface area contributed by atoms with Gasteiger partial charge in [0.05, 0.1) is 6.61 Å². The van der Waals surface area contributed by atoms with E-state index in [0.717, 1.165) is 25.4 Å². The third-order valence-corrected chi connectivity index (χ3v) is 2.87. The van der Waals surface area contributed by atoms with Crippen LogP contribution in [0.4, 0.5) is 0 Å². The van der Waals surface area contributed by atoms with Crippen molar-refractivity contribution >= 4 is 5.91 Å². The van der Waals surface area contributed by atoms with Gasteiger partial charge >= 0.3 is 0 Å². The van der Waals surface area contributed by atoms with Crippen molar-refractivity contribution in [3.05, 3.63) is 0 Å². The van der Waals surface area contributed by atoms with Crippen molar-refractivity contribution in [3.8, 4) is 0 Å². The monoisotopic (exact) mass is 227 g/mol. The maximum absolute atomic E-state index is 11.5. The molecule has 94 valence electrons. The average Bonchev–Trinajstić information content (AvgIpc) is 2.98. The van der Waals surface area contributed by atoms with E-state index in [1.807, 2.05) is 0 Å². The van der Waals surface area contributed by atoms with E-state index in [0.29, 0.717) is 5.92 Å². The highest BCUT2D eigenvalue weighted by Crippen LogP contribution is 2.28. The van der Waals surface area contributed by atoms with E-state index in [1.54, 1.807) is 0 Å². The lowest BCUT2D eigenvalue weighted by atomic mass is 10.0. The standard InChI is InChI=1S/C13H25NO2/c1-10(2)4-5-11(3)14-13(15)9-16-8-12-6-7-12/h10-12H,4-9H2,1-3H3,(H,14,15). The van der Waals surface area contributed by atoms with Gasteiger partial charge in [-0.3, -0.25) is 4.79 Å². The first-order valence-corrected chi connectivity index (χ1v) is 6.45. The molecular weight excluding hydrogens is 202 g/mol. The van der Waals surface area contributed by atoms with Crippen LogP contribution in [-0.4, -0.2) is 25.2 Å². The van der Waals surface area contributed by atoms with Gasteiger partial charge in [-0.05, 0) is 44.4 Å². The molecule has 1 aliphatic rings. The quantitative estimate of drug-likeness (QED) is 0.691. The Bertz CT molecular complexity index is 212. The van der Waals surface area contributed by atoms with E-state index < -0.39 is 0 Å². The van der Waals surface area contributed by atoms with E-state index in [9.17, 15) is 4.79 Å². The maximum atomic E-state index is 11.5. The first kappa shape index (κ1) is 13.5. The second-order valence-electron chi connectivity index (χ2n) is 5.40. The van der Waals surface area contributed by atoms with Gasteiger partial charge in [0.25, 0.3) is 0 Å². The molecule has 1 fully saturated rings. The Balaban J connectivity index is 1.98. The molecular formula is C13H25NO2. The zero-order valence-corrected chi connectivity index (χ0v) is 10.8. The summed E-state index contributed by atoms with van der Waals surface area (Å²) >= 11 is 0. The molecule has 0 bridgehead atoms. The van der Waals surface area contributed by atoms with Gasteiger partial charge in [0.2, 0.25) is 5.91 Å². The molecule has 0 radical (unpaired) electrons. The molecule has 3 nitrogen and oxygen atoms in total. The molecule has 1 rings (SSSR count). The molecule has 0 spiro atoms. The summed E-state index contributed by atoms with van der Waals surface area (Å²) in [6.07, 6.45) is 4.75. The number of carbonyl (C=O) groups excluding carboxylic acids is 1. The minimum Gasteiger partial charge on any atom is -0.371 e. The molecule has 1 aliphatic carbocycles. The molecule has 0 aliphatic heterocycles. The van der Waals surface area contributed by atoms with E-state index in [1.165, 1.54) is 12.8 Å². The SMILES string of the molecule is CC(C)CCC(C)NC(=O)COCC1CC1. The second-order valence-corrected chi connectivity index (χ2v) is 5.40. The Hall–Kier alpha value is -0.570. The van der Waals surface area contributed by atoms with Crippen molar-refractivity contribution < 1.29 is 9.53 Å². The fourth-order valence-electron chi connectivity index (χ4n) is 1.57. The summed E-state index contributed by atoms with van der Waals surface area (Å²) < 4.78 is 5.33. The van der Waals surface area contributed by atoms with Gasteiger partial charge in [0.15, 0.2) is 0 Å². The molecule has 3 heteroatoms. The summed E-state index contributed by atoms with van der Waals surface area (Å²) in [5.74, 6) is 1.45. The smallest absolute Gasteiger partial charge is 0.246 e. The molecule has 0 heterocycles. The summed E-state index contributed by atoms with van der Waals surface area (Å²) in [4.78, 5) is 11.5. The highest BCUT2D eigenvalue weighted by molar-refractivity contribution is 5.77. The van der Waals surface area contributed by atoms with Gasteiger partial charge in [0, 0.05) is 6.04 Å². The van der Waals surface area contributed by atoms with Gasteiger partial charge in [-0.1, -0.05) is 13.8 Å². The highest BCUT2D eigenvalue weighted by Gasteiger charge is 2.21. The Labute approximate surface area is 98.9 Å². The summed E-state index contributed by atoms with van der Waals surface area (Å²) in [6, 6.07) is 0.263. The molecule has 1 atom stereocenters. The number of hydrogen-bond donors (Lipinski definition) is 1. The molecule has 1 N–H and O–H groups in total. The van der Waals surface area contributed by atoms with E-state index >= 15 is 0 Å². The average molecular weight is 227 g/mol. The fourth-order valence-corrected chi connectivity index (χ4v) is 1.57. The number of rotatable bonds is 8. The molecule has 1 unspecified atom stereocenters. The second kappa shape index (κ2) is 6.89. The largest absolute Gasteiger partial charge is 0.371 e. The van der Waals surface area contributed by atoms with Crippen LogP contribution in [0, 0.1) is 11.8 Å². The van der Waals surface area contributed by atoms with Crippen molar-refractivity contribution in [1.29, 1.82) is 0 Å². The van der Waals surface area contributed by atoms with Crippen LogP contribution < -0.4 is 5.32 Å². The first-order chi connectivity index (χ1) is 7.58. The Kier molecular flexibility index (Phi) is 5.81. The lowest BCUT2D eigenvalue weighted by molar-refractivity contribution is -0.126. The molecule has 0 saturated heterocycles. The predicted molar refractivity (Wildman–Crippen MR) is 65.2 cm³/mol. The maximum Gasteiger partial charge on any atom is 0.246 e. The van der Waals surface area contributed by atoms with Gasteiger partial charge in [-0.25, -0.2) is 0 Å². The summed E-state index contributed by atoms with van der Waals surface area (Å²) in [6.45, 7) is 7.44. The lowest BCUT2D eigenvalue weighted by Crippen LogP contribution is -2.35. The Morgan fingerprint density at radius 2 is 2.00 bits per heavy atom. The number of nitrogens with one attached hydrogen (secondary N) is 1. The van der Waals surface area contributed by atoms with Crippen LogP contribution in [0.2, 0.25) is 0 Å². The minimum absolute atomic E-state index is 0.0249. The van der Waals surface area contributed by atoms with Crippen LogP contribution in [0.1, 0.15) is 46.5 Å². The zero-order chi connectivity index (χ0) is 12.0. The van der Waals surface area contributed by atoms with Gasteiger partial charge < -0.3 is 10.1 Å². The minimum atomic E-state index is 0.0249.